The van der Waals surface area contributed by atoms with Crippen LogP contribution in [0.4, 0.5) is 11.5 Å². The average Bonchev–Trinajstić information content (AvgIpc) is 2.74. The fourth-order valence-electron chi connectivity index (χ4n) is 3.07. The van der Waals surface area contributed by atoms with Gasteiger partial charge in [-0.3, -0.25) is 4.79 Å². The van der Waals surface area contributed by atoms with Gasteiger partial charge >= 0.3 is 0 Å². The zero-order chi connectivity index (χ0) is 20.1. The van der Waals surface area contributed by atoms with Gasteiger partial charge in [0.2, 0.25) is 5.91 Å². The zero-order valence-corrected chi connectivity index (χ0v) is 16.3. The molecule has 2 N–H and O–H groups in total. The second kappa shape index (κ2) is 8.64. The van der Waals surface area contributed by atoms with E-state index in [1.807, 2.05) is 35.2 Å². The van der Waals surface area contributed by atoms with Crippen molar-refractivity contribution in [3.63, 3.8) is 0 Å². The molecular formula is C20H20N6OS. The first-order valence-electron chi connectivity index (χ1n) is 8.89. The number of thioether (sulfide) groups is 1. The van der Waals surface area contributed by atoms with Crippen molar-refractivity contribution in [1.82, 2.24) is 9.88 Å². The van der Waals surface area contributed by atoms with Crippen molar-refractivity contribution in [1.29, 1.82) is 10.5 Å². The Labute approximate surface area is 168 Å². The molecule has 0 bridgehead atoms. The number of nitriles is 2. The second-order valence-electron chi connectivity index (χ2n) is 6.41. The van der Waals surface area contributed by atoms with Crippen LogP contribution in [0.3, 0.4) is 0 Å². The number of carbonyl (C=O) groups is 1. The minimum Gasteiger partial charge on any atom is -0.383 e. The number of nitrogens with two attached hydrogens (primary N) is 1. The summed E-state index contributed by atoms with van der Waals surface area (Å²) in [6.07, 6.45) is 0. The molecule has 1 saturated heterocycles. The molecule has 2 aromatic rings. The van der Waals surface area contributed by atoms with E-state index in [0.29, 0.717) is 18.1 Å². The van der Waals surface area contributed by atoms with Crippen molar-refractivity contribution in [2.75, 3.05) is 36.8 Å². The maximum atomic E-state index is 12.8. The van der Waals surface area contributed by atoms with Gasteiger partial charge in [-0.2, -0.15) is 10.5 Å². The van der Waals surface area contributed by atoms with Gasteiger partial charge in [0, 0.05) is 31.9 Å². The van der Waals surface area contributed by atoms with Crippen molar-refractivity contribution in [3.05, 3.63) is 47.5 Å². The van der Waals surface area contributed by atoms with E-state index in [-0.39, 0.29) is 22.9 Å². The lowest BCUT2D eigenvalue weighted by molar-refractivity contribution is -0.130. The minimum absolute atomic E-state index is 0.00586. The summed E-state index contributed by atoms with van der Waals surface area (Å²) in [4.78, 5) is 21.1. The van der Waals surface area contributed by atoms with Gasteiger partial charge in [0.15, 0.2) is 0 Å². The number of hydrogen-bond acceptors (Lipinski definition) is 7. The van der Waals surface area contributed by atoms with Gasteiger partial charge < -0.3 is 15.5 Å². The molecule has 0 radical (unpaired) electrons. The number of rotatable bonds is 4. The monoisotopic (exact) mass is 392 g/mol. The van der Waals surface area contributed by atoms with Crippen LogP contribution in [-0.4, -0.2) is 47.2 Å². The molecular weight excluding hydrogens is 372 g/mol. The molecule has 1 aromatic heterocycles. The van der Waals surface area contributed by atoms with Gasteiger partial charge in [-0.1, -0.05) is 30.0 Å². The summed E-state index contributed by atoms with van der Waals surface area (Å²) >= 11 is 1.20. The lowest BCUT2D eigenvalue weighted by atomic mass is 10.2. The Morgan fingerprint density at radius 3 is 2.39 bits per heavy atom. The highest BCUT2D eigenvalue weighted by Gasteiger charge is 2.27. The first-order chi connectivity index (χ1) is 13.5. The molecule has 0 aliphatic carbocycles. The second-order valence-corrected chi connectivity index (χ2v) is 7.73. The highest BCUT2D eigenvalue weighted by molar-refractivity contribution is 8.00. The number of nitrogen functional groups attached to an aromatic ring is 1. The first-order valence-corrected chi connectivity index (χ1v) is 9.77. The molecule has 3 rings (SSSR count). The van der Waals surface area contributed by atoms with Gasteiger partial charge in [0.25, 0.3) is 0 Å². The Balaban J connectivity index is 1.64. The average molecular weight is 392 g/mol. The third kappa shape index (κ3) is 4.19. The predicted molar refractivity (Wildman–Crippen MR) is 109 cm³/mol. The van der Waals surface area contributed by atoms with Crippen LogP contribution in [0.2, 0.25) is 0 Å². The Kier molecular flexibility index (Phi) is 6.03. The summed E-state index contributed by atoms with van der Waals surface area (Å²) in [5.41, 5.74) is 7.34. The van der Waals surface area contributed by atoms with Crippen LogP contribution in [0.15, 0.2) is 41.4 Å². The first kappa shape index (κ1) is 19.5. The fourth-order valence-corrected chi connectivity index (χ4v) is 4.04. The van der Waals surface area contributed by atoms with Crippen LogP contribution in [0.1, 0.15) is 18.1 Å². The summed E-state index contributed by atoms with van der Waals surface area (Å²) in [6.45, 7) is 4.64. The van der Waals surface area contributed by atoms with Crippen molar-refractivity contribution < 1.29 is 4.79 Å². The molecule has 2 heterocycles. The van der Waals surface area contributed by atoms with Gasteiger partial charge in [0.1, 0.15) is 23.0 Å². The van der Waals surface area contributed by atoms with Crippen molar-refractivity contribution >= 4 is 29.2 Å². The van der Waals surface area contributed by atoms with Crippen LogP contribution >= 0.6 is 11.8 Å². The normalized spacial score (nSPS) is 14.8. The van der Waals surface area contributed by atoms with Crippen LogP contribution < -0.4 is 10.6 Å². The van der Waals surface area contributed by atoms with E-state index in [2.05, 4.69) is 22.0 Å². The van der Waals surface area contributed by atoms with Gasteiger partial charge in [0.05, 0.1) is 16.4 Å². The summed E-state index contributed by atoms with van der Waals surface area (Å²) in [5.74, 6) is 0.0754. The molecule has 0 unspecified atom stereocenters. The highest BCUT2D eigenvalue weighted by atomic mass is 32.2. The van der Waals surface area contributed by atoms with E-state index < -0.39 is 5.25 Å². The fraction of sp³-hybridized carbons (Fsp3) is 0.300. The maximum Gasteiger partial charge on any atom is 0.235 e. The smallest absolute Gasteiger partial charge is 0.235 e. The molecule has 0 spiro atoms. The van der Waals surface area contributed by atoms with E-state index in [1.54, 1.807) is 6.92 Å². The number of pyridine rings is 1. The molecule has 1 aromatic carbocycles. The molecule has 1 atom stereocenters. The van der Waals surface area contributed by atoms with E-state index in [1.165, 1.54) is 17.8 Å². The topological polar surface area (TPSA) is 110 Å². The number of carbonyl (C=O) groups excluding carboxylic acids is 1. The third-order valence-electron chi connectivity index (χ3n) is 4.61. The number of aromatic nitrogens is 1. The van der Waals surface area contributed by atoms with Gasteiger partial charge in [-0.15, -0.1) is 0 Å². The molecule has 7 nitrogen and oxygen atoms in total. The number of anilines is 2. The van der Waals surface area contributed by atoms with Crippen LogP contribution in [-0.2, 0) is 4.79 Å². The number of benzene rings is 1. The summed E-state index contributed by atoms with van der Waals surface area (Å²) in [7, 11) is 0. The Hall–Kier alpha value is -3.23. The van der Waals surface area contributed by atoms with E-state index >= 15 is 0 Å². The molecule has 1 aliphatic rings. The van der Waals surface area contributed by atoms with Crippen LogP contribution in [0, 0.1) is 22.7 Å². The summed E-state index contributed by atoms with van der Waals surface area (Å²) < 4.78 is 0. The largest absolute Gasteiger partial charge is 0.383 e. The molecule has 0 saturated carbocycles. The lowest BCUT2D eigenvalue weighted by Gasteiger charge is -2.37. The van der Waals surface area contributed by atoms with Crippen molar-refractivity contribution in [2.24, 2.45) is 0 Å². The van der Waals surface area contributed by atoms with E-state index in [0.717, 1.165) is 18.8 Å². The molecule has 1 aliphatic heterocycles. The predicted octanol–water partition coefficient (Wildman–Crippen LogP) is 2.24. The third-order valence-corrected chi connectivity index (χ3v) is 5.70. The quantitative estimate of drug-likeness (QED) is 0.795. The van der Waals surface area contributed by atoms with E-state index in [9.17, 15) is 10.1 Å². The number of piperazine rings is 1. The summed E-state index contributed by atoms with van der Waals surface area (Å²) in [5, 5.41) is 18.3. The van der Waals surface area contributed by atoms with Crippen LogP contribution in [0.5, 0.6) is 0 Å². The molecule has 28 heavy (non-hydrogen) atoms. The number of hydrogen-bond donors (Lipinski definition) is 1. The molecule has 1 fully saturated rings. The number of para-hydroxylation sites is 1. The highest BCUT2D eigenvalue weighted by Crippen LogP contribution is 2.28. The maximum absolute atomic E-state index is 12.8. The Bertz CT molecular complexity index is 942. The molecule has 8 heteroatoms. The van der Waals surface area contributed by atoms with Gasteiger partial charge in [-0.05, 0) is 25.1 Å². The van der Waals surface area contributed by atoms with Gasteiger partial charge in [-0.25, -0.2) is 4.98 Å². The SMILES string of the molecule is C[C@@H](Sc1nc(N)c(C#N)cc1C#N)C(=O)N1CCN(c2ccccc2)CC1. The van der Waals surface area contributed by atoms with E-state index in [4.69, 9.17) is 11.0 Å². The summed E-state index contributed by atoms with van der Waals surface area (Å²) in [6, 6.07) is 15.5. The Morgan fingerprint density at radius 1 is 1.14 bits per heavy atom. The molecule has 1 amide bonds. The Morgan fingerprint density at radius 2 is 1.79 bits per heavy atom. The number of nitrogens with zero attached hydrogens (tertiary/aromatic N) is 5. The number of amides is 1. The standard InChI is InChI=1S/C20H20N6OS/c1-14(28-19-16(13-22)11-15(12-21)18(23)24-19)20(27)26-9-7-25(8-10-26)17-5-3-2-4-6-17/h2-6,11,14H,7-10H2,1H3,(H2,23,24)/t14-/m1/s1. The van der Waals surface area contributed by atoms with Crippen LogP contribution in [0.25, 0.3) is 0 Å². The minimum atomic E-state index is -0.407. The molecule has 142 valence electrons. The van der Waals surface area contributed by atoms with Crippen molar-refractivity contribution in [3.8, 4) is 12.1 Å². The zero-order valence-electron chi connectivity index (χ0n) is 15.5. The van der Waals surface area contributed by atoms with Crippen molar-refractivity contribution in [2.45, 2.75) is 17.2 Å². The lowest BCUT2D eigenvalue weighted by Crippen LogP contribution is -2.50.